The highest BCUT2D eigenvalue weighted by atomic mass is 35.5. The molecule has 2 amide bonds. The first kappa shape index (κ1) is 20.4. The molecule has 2 aromatic carbocycles. The number of nitrogens with zero attached hydrogens (tertiary/aromatic N) is 1. The highest BCUT2D eigenvalue weighted by Crippen LogP contribution is 2.24. The summed E-state index contributed by atoms with van der Waals surface area (Å²) < 4.78 is 5.64. The van der Waals surface area contributed by atoms with Crippen LogP contribution in [0.2, 0.25) is 5.02 Å². The summed E-state index contributed by atoms with van der Waals surface area (Å²) in [5.74, 6) is 0.251. The van der Waals surface area contributed by atoms with E-state index in [2.05, 4.69) is 15.8 Å². The quantitative estimate of drug-likeness (QED) is 0.337. The predicted molar refractivity (Wildman–Crippen MR) is 113 cm³/mol. The maximum absolute atomic E-state index is 11.8. The SMILES string of the molecule is O=C(CC(=O)N/N=C\c1ccc(-c2cccc(Cl)c2)o1)NCCc1ccccc1. The van der Waals surface area contributed by atoms with Crippen molar-refractivity contribution in [1.82, 2.24) is 10.7 Å². The molecule has 148 valence electrons. The van der Waals surface area contributed by atoms with Gasteiger partial charge in [-0.25, -0.2) is 5.43 Å². The second-order valence-electron chi connectivity index (χ2n) is 6.27. The Morgan fingerprint density at radius 3 is 2.62 bits per heavy atom. The lowest BCUT2D eigenvalue weighted by molar-refractivity contribution is -0.129. The second kappa shape index (κ2) is 10.2. The number of furan rings is 1. The number of nitrogens with one attached hydrogen (secondary N) is 2. The standard InChI is InChI=1S/C22H20ClN3O3/c23-18-8-4-7-17(13-18)20-10-9-19(29-20)15-25-26-22(28)14-21(27)24-12-11-16-5-2-1-3-6-16/h1-10,13,15H,11-12,14H2,(H,24,27)(H,26,28)/b25-15-. The molecule has 6 nitrogen and oxygen atoms in total. The highest BCUT2D eigenvalue weighted by Gasteiger charge is 2.08. The fourth-order valence-electron chi connectivity index (χ4n) is 2.63. The number of carbonyl (C=O) groups excluding carboxylic acids is 2. The minimum absolute atomic E-state index is 0.294. The van der Waals surface area contributed by atoms with Crippen LogP contribution in [0.5, 0.6) is 0 Å². The summed E-state index contributed by atoms with van der Waals surface area (Å²) in [4.78, 5) is 23.6. The molecule has 0 unspecified atom stereocenters. The number of hydrazone groups is 1. The molecule has 1 heterocycles. The van der Waals surface area contributed by atoms with Crippen molar-refractivity contribution in [2.45, 2.75) is 12.8 Å². The molecule has 29 heavy (non-hydrogen) atoms. The van der Waals surface area contributed by atoms with Gasteiger partial charge in [0.25, 0.3) is 0 Å². The maximum Gasteiger partial charge on any atom is 0.249 e. The Balaban J connectivity index is 1.41. The minimum atomic E-state index is -0.500. The average Bonchev–Trinajstić information content (AvgIpc) is 3.18. The van der Waals surface area contributed by atoms with Crippen LogP contribution >= 0.6 is 11.6 Å². The fraction of sp³-hybridized carbons (Fsp3) is 0.136. The van der Waals surface area contributed by atoms with E-state index in [1.165, 1.54) is 6.21 Å². The van der Waals surface area contributed by atoms with Crippen LogP contribution in [-0.4, -0.2) is 24.6 Å². The van der Waals surface area contributed by atoms with Gasteiger partial charge < -0.3 is 9.73 Å². The first-order valence-corrected chi connectivity index (χ1v) is 9.46. The highest BCUT2D eigenvalue weighted by molar-refractivity contribution is 6.30. The molecule has 0 spiro atoms. The van der Waals surface area contributed by atoms with Crippen LogP contribution in [0, 0.1) is 0 Å². The van der Waals surface area contributed by atoms with E-state index >= 15 is 0 Å². The normalized spacial score (nSPS) is 10.8. The van der Waals surface area contributed by atoms with Gasteiger partial charge in [0.2, 0.25) is 11.8 Å². The molecule has 7 heteroatoms. The number of rotatable bonds is 8. The summed E-state index contributed by atoms with van der Waals surface area (Å²) in [7, 11) is 0. The topological polar surface area (TPSA) is 83.7 Å². The average molecular weight is 410 g/mol. The molecule has 1 aromatic heterocycles. The molecular weight excluding hydrogens is 390 g/mol. The van der Waals surface area contributed by atoms with E-state index in [0.717, 1.165) is 11.1 Å². The lowest BCUT2D eigenvalue weighted by Gasteiger charge is -2.04. The van der Waals surface area contributed by atoms with Crippen LogP contribution in [0.1, 0.15) is 17.7 Å². The lowest BCUT2D eigenvalue weighted by Crippen LogP contribution is -2.31. The molecule has 3 aromatic rings. The van der Waals surface area contributed by atoms with Crippen molar-refractivity contribution in [3.05, 3.63) is 83.1 Å². The number of benzene rings is 2. The van der Waals surface area contributed by atoms with Crippen molar-refractivity contribution >= 4 is 29.6 Å². The van der Waals surface area contributed by atoms with Gasteiger partial charge in [0.15, 0.2) is 0 Å². The van der Waals surface area contributed by atoms with Crippen LogP contribution in [0.4, 0.5) is 0 Å². The van der Waals surface area contributed by atoms with E-state index in [-0.39, 0.29) is 12.3 Å². The molecule has 0 aliphatic carbocycles. The lowest BCUT2D eigenvalue weighted by atomic mass is 10.1. The summed E-state index contributed by atoms with van der Waals surface area (Å²) in [5.41, 5.74) is 4.28. The van der Waals surface area contributed by atoms with Gasteiger partial charge in [-0.1, -0.05) is 54.1 Å². The number of hydrogen-bond acceptors (Lipinski definition) is 4. The molecular formula is C22H20ClN3O3. The Morgan fingerprint density at radius 1 is 1.00 bits per heavy atom. The van der Waals surface area contributed by atoms with Gasteiger partial charge >= 0.3 is 0 Å². The number of amides is 2. The Bertz CT molecular complexity index is 999. The maximum atomic E-state index is 11.8. The molecule has 3 rings (SSSR count). The third kappa shape index (κ3) is 6.62. The second-order valence-corrected chi connectivity index (χ2v) is 6.70. The smallest absolute Gasteiger partial charge is 0.249 e. The zero-order chi connectivity index (χ0) is 20.5. The summed E-state index contributed by atoms with van der Waals surface area (Å²) in [6, 6.07) is 20.6. The third-order valence-electron chi connectivity index (χ3n) is 4.02. The van der Waals surface area contributed by atoms with Crippen molar-refractivity contribution in [1.29, 1.82) is 0 Å². The van der Waals surface area contributed by atoms with Crippen molar-refractivity contribution in [3.8, 4) is 11.3 Å². The van der Waals surface area contributed by atoms with E-state index in [9.17, 15) is 9.59 Å². The van der Waals surface area contributed by atoms with Gasteiger partial charge in [-0.05, 0) is 36.2 Å². The summed E-state index contributed by atoms with van der Waals surface area (Å²) in [5, 5.41) is 7.15. The first-order valence-electron chi connectivity index (χ1n) is 9.08. The van der Waals surface area contributed by atoms with Gasteiger partial charge in [0, 0.05) is 17.1 Å². The van der Waals surface area contributed by atoms with Crippen LogP contribution < -0.4 is 10.7 Å². The van der Waals surface area contributed by atoms with E-state index in [0.29, 0.717) is 29.5 Å². The third-order valence-corrected chi connectivity index (χ3v) is 4.25. The summed E-state index contributed by atoms with van der Waals surface area (Å²) >= 11 is 5.98. The molecule has 0 aliphatic heterocycles. The zero-order valence-electron chi connectivity index (χ0n) is 15.6. The Hall–Kier alpha value is -3.38. The van der Waals surface area contributed by atoms with Crippen molar-refractivity contribution in [2.75, 3.05) is 6.54 Å². The molecule has 0 aliphatic rings. The molecule has 0 bridgehead atoms. The van der Waals surface area contributed by atoms with Gasteiger partial charge in [0.05, 0.1) is 6.21 Å². The van der Waals surface area contributed by atoms with Gasteiger partial charge in [-0.15, -0.1) is 0 Å². The van der Waals surface area contributed by atoms with Crippen molar-refractivity contribution in [3.63, 3.8) is 0 Å². The predicted octanol–water partition coefficient (Wildman–Crippen LogP) is 3.80. The summed E-state index contributed by atoms with van der Waals surface area (Å²) in [6.45, 7) is 0.470. The number of hydrogen-bond donors (Lipinski definition) is 2. The van der Waals surface area contributed by atoms with E-state index in [1.54, 1.807) is 24.3 Å². The monoisotopic (exact) mass is 409 g/mol. The van der Waals surface area contributed by atoms with Crippen LogP contribution in [0.15, 0.2) is 76.2 Å². The molecule has 2 N–H and O–H groups in total. The Labute approximate surface area is 173 Å². The molecule has 0 saturated carbocycles. The number of carbonyl (C=O) groups is 2. The van der Waals surface area contributed by atoms with Gasteiger partial charge in [0.1, 0.15) is 17.9 Å². The van der Waals surface area contributed by atoms with Crippen LogP contribution in [0.25, 0.3) is 11.3 Å². The van der Waals surface area contributed by atoms with Crippen molar-refractivity contribution in [2.24, 2.45) is 5.10 Å². The summed E-state index contributed by atoms with van der Waals surface area (Å²) in [6.07, 6.45) is 1.79. The Morgan fingerprint density at radius 2 is 1.83 bits per heavy atom. The molecule has 0 atom stereocenters. The zero-order valence-corrected chi connectivity index (χ0v) is 16.4. The van der Waals surface area contributed by atoms with Crippen LogP contribution in [0.3, 0.4) is 0 Å². The van der Waals surface area contributed by atoms with Gasteiger partial charge in [-0.3, -0.25) is 9.59 Å². The van der Waals surface area contributed by atoms with Crippen molar-refractivity contribution < 1.29 is 14.0 Å². The van der Waals surface area contributed by atoms with E-state index in [1.807, 2.05) is 42.5 Å². The number of halogens is 1. The molecule has 0 radical (unpaired) electrons. The fourth-order valence-corrected chi connectivity index (χ4v) is 2.82. The largest absolute Gasteiger partial charge is 0.455 e. The van der Waals surface area contributed by atoms with Gasteiger partial charge in [-0.2, -0.15) is 5.10 Å². The van der Waals surface area contributed by atoms with E-state index < -0.39 is 5.91 Å². The molecule has 0 saturated heterocycles. The van der Waals surface area contributed by atoms with E-state index in [4.69, 9.17) is 16.0 Å². The molecule has 0 fully saturated rings. The Kier molecular flexibility index (Phi) is 7.19. The minimum Gasteiger partial charge on any atom is -0.455 e. The first-order chi connectivity index (χ1) is 14.1. The van der Waals surface area contributed by atoms with Crippen LogP contribution in [-0.2, 0) is 16.0 Å².